The molecule has 0 spiro atoms. The van der Waals surface area contributed by atoms with Crippen molar-refractivity contribution in [3.05, 3.63) is 60.3 Å². The zero-order valence-corrected chi connectivity index (χ0v) is 11.1. The van der Waals surface area contributed by atoms with Gasteiger partial charge < -0.3 is 9.73 Å². The number of nitrogens with zero attached hydrogens (tertiary/aromatic N) is 4. The number of hydrogen-bond acceptors (Lipinski definition) is 5. The first-order valence-electron chi connectivity index (χ1n) is 6.41. The van der Waals surface area contributed by atoms with Gasteiger partial charge in [0.25, 0.3) is 0 Å². The molecule has 1 atom stereocenters. The van der Waals surface area contributed by atoms with Gasteiger partial charge in [-0.25, -0.2) is 4.68 Å². The minimum Gasteiger partial charge on any atom is -0.472 e. The standard InChI is InChI=1S/C14H15N5O/c1-11(15-8-12-5-6-20-9-12)13-3-2-4-14(7-13)19-10-16-17-18-19/h2-7,9-11,15H,8H2,1H3. The van der Waals surface area contributed by atoms with E-state index in [2.05, 4.69) is 39.9 Å². The van der Waals surface area contributed by atoms with Crippen LogP contribution in [0.1, 0.15) is 24.1 Å². The molecule has 0 saturated carbocycles. The van der Waals surface area contributed by atoms with Crippen molar-refractivity contribution in [3.63, 3.8) is 0 Å². The van der Waals surface area contributed by atoms with Gasteiger partial charge in [-0.15, -0.1) is 5.10 Å². The van der Waals surface area contributed by atoms with Crippen LogP contribution in [0.5, 0.6) is 0 Å². The van der Waals surface area contributed by atoms with Crippen LogP contribution < -0.4 is 5.32 Å². The molecule has 1 N–H and O–H groups in total. The number of hydrogen-bond donors (Lipinski definition) is 1. The van der Waals surface area contributed by atoms with Gasteiger partial charge in [-0.2, -0.15) is 0 Å². The predicted octanol–water partition coefficient (Wildman–Crippen LogP) is 2.11. The Morgan fingerprint density at radius 3 is 3.05 bits per heavy atom. The van der Waals surface area contributed by atoms with Crippen molar-refractivity contribution in [2.75, 3.05) is 0 Å². The Balaban J connectivity index is 1.71. The summed E-state index contributed by atoms with van der Waals surface area (Å²) in [6, 6.07) is 10.3. The zero-order chi connectivity index (χ0) is 13.8. The lowest BCUT2D eigenvalue weighted by Crippen LogP contribution is -2.17. The number of tetrazole rings is 1. The Hall–Kier alpha value is -2.47. The van der Waals surface area contributed by atoms with E-state index in [0.717, 1.165) is 17.8 Å². The molecule has 0 aliphatic heterocycles. The molecule has 2 aromatic heterocycles. The van der Waals surface area contributed by atoms with E-state index >= 15 is 0 Å². The van der Waals surface area contributed by atoms with E-state index < -0.39 is 0 Å². The van der Waals surface area contributed by atoms with E-state index in [4.69, 9.17) is 4.42 Å². The molecule has 0 bridgehead atoms. The first-order chi connectivity index (χ1) is 9.83. The topological polar surface area (TPSA) is 68.8 Å². The number of benzene rings is 1. The third-order valence-corrected chi connectivity index (χ3v) is 3.18. The molecule has 0 aliphatic carbocycles. The van der Waals surface area contributed by atoms with Crippen molar-refractivity contribution in [2.45, 2.75) is 19.5 Å². The fraction of sp³-hybridized carbons (Fsp3) is 0.214. The summed E-state index contributed by atoms with van der Waals surface area (Å²) in [5.74, 6) is 0. The van der Waals surface area contributed by atoms with Gasteiger partial charge in [0.05, 0.1) is 18.2 Å². The molecule has 3 rings (SSSR count). The highest BCUT2D eigenvalue weighted by Crippen LogP contribution is 2.16. The van der Waals surface area contributed by atoms with Gasteiger partial charge in [0.2, 0.25) is 0 Å². The summed E-state index contributed by atoms with van der Waals surface area (Å²) < 4.78 is 6.70. The third-order valence-electron chi connectivity index (χ3n) is 3.18. The largest absolute Gasteiger partial charge is 0.472 e. The normalized spacial score (nSPS) is 12.4. The van der Waals surface area contributed by atoms with Crippen molar-refractivity contribution in [3.8, 4) is 5.69 Å². The monoisotopic (exact) mass is 269 g/mol. The zero-order valence-electron chi connectivity index (χ0n) is 11.1. The van der Waals surface area contributed by atoms with Gasteiger partial charge in [-0.1, -0.05) is 12.1 Å². The smallest absolute Gasteiger partial charge is 0.143 e. The lowest BCUT2D eigenvalue weighted by molar-refractivity contribution is 0.546. The van der Waals surface area contributed by atoms with Gasteiger partial charge in [-0.05, 0) is 41.1 Å². The molecule has 0 aliphatic rings. The van der Waals surface area contributed by atoms with Crippen LogP contribution in [0.15, 0.2) is 53.6 Å². The first-order valence-corrected chi connectivity index (χ1v) is 6.41. The average molecular weight is 269 g/mol. The molecule has 2 heterocycles. The Bertz CT molecular complexity index is 648. The SMILES string of the molecule is CC(NCc1ccoc1)c1cccc(-n2cnnn2)c1. The fourth-order valence-electron chi connectivity index (χ4n) is 2.00. The molecule has 1 aromatic carbocycles. The van der Waals surface area contributed by atoms with E-state index in [-0.39, 0.29) is 6.04 Å². The summed E-state index contributed by atoms with van der Waals surface area (Å²) >= 11 is 0. The predicted molar refractivity (Wildman–Crippen MR) is 73.1 cm³/mol. The Morgan fingerprint density at radius 1 is 1.35 bits per heavy atom. The lowest BCUT2D eigenvalue weighted by Gasteiger charge is -2.14. The van der Waals surface area contributed by atoms with Crippen molar-refractivity contribution >= 4 is 0 Å². The van der Waals surface area contributed by atoms with E-state index in [0.29, 0.717) is 0 Å². The number of furan rings is 1. The third kappa shape index (κ3) is 2.75. The van der Waals surface area contributed by atoms with E-state index in [9.17, 15) is 0 Å². The molecule has 0 radical (unpaired) electrons. The quantitative estimate of drug-likeness (QED) is 0.768. The maximum Gasteiger partial charge on any atom is 0.143 e. The second-order valence-electron chi connectivity index (χ2n) is 4.58. The second-order valence-corrected chi connectivity index (χ2v) is 4.58. The molecule has 1 unspecified atom stereocenters. The molecule has 6 nitrogen and oxygen atoms in total. The molecule has 20 heavy (non-hydrogen) atoms. The highest BCUT2D eigenvalue weighted by molar-refractivity contribution is 5.35. The van der Waals surface area contributed by atoms with Gasteiger partial charge in [0.1, 0.15) is 6.33 Å². The van der Waals surface area contributed by atoms with Crippen molar-refractivity contribution < 1.29 is 4.42 Å². The van der Waals surface area contributed by atoms with Crippen LogP contribution in [-0.4, -0.2) is 20.2 Å². The molecule has 0 fully saturated rings. The molecular formula is C14H15N5O. The summed E-state index contributed by atoms with van der Waals surface area (Å²) in [5.41, 5.74) is 3.26. The van der Waals surface area contributed by atoms with Gasteiger partial charge in [0.15, 0.2) is 0 Å². The molecule has 0 saturated heterocycles. The highest BCUT2D eigenvalue weighted by atomic mass is 16.3. The maximum atomic E-state index is 5.06. The van der Waals surface area contributed by atoms with Crippen LogP contribution in [-0.2, 0) is 6.54 Å². The Kier molecular flexibility index (Phi) is 3.56. The molecular weight excluding hydrogens is 254 g/mol. The number of rotatable bonds is 5. The first kappa shape index (κ1) is 12.6. The van der Waals surface area contributed by atoms with Crippen LogP contribution in [0.2, 0.25) is 0 Å². The van der Waals surface area contributed by atoms with Crippen molar-refractivity contribution in [1.82, 2.24) is 25.5 Å². The fourth-order valence-corrected chi connectivity index (χ4v) is 2.00. The van der Waals surface area contributed by atoms with Crippen LogP contribution in [0.4, 0.5) is 0 Å². The molecule has 102 valence electrons. The minimum atomic E-state index is 0.223. The second kappa shape index (κ2) is 5.66. The van der Waals surface area contributed by atoms with Crippen LogP contribution >= 0.6 is 0 Å². The van der Waals surface area contributed by atoms with Crippen LogP contribution in [0.3, 0.4) is 0 Å². The summed E-state index contributed by atoms with van der Waals surface area (Å²) in [4.78, 5) is 0. The van der Waals surface area contributed by atoms with E-state index in [1.807, 2.05) is 18.2 Å². The van der Waals surface area contributed by atoms with Crippen LogP contribution in [0, 0.1) is 0 Å². The highest BCUT2D eigenvalue weighted by Gasteiger charge is 2.07. The summed E-state index contributed by atoms with van der Waals surface area (Å²) in [7, 11) is 0. The summed E-state index contributed by atoms with van der Waals surface area (Å²) in [6.45, 7) is 2.89. The van der Waals surface area contributed by atoms with Crippen LogP contribution in [0.25, 0.3) is 5.69 Å². The average Bonchev–Trinajstić information content (AvgIpc) is 3.18. The van der Waals surface area contributed by atoms with Gasteiger partial charge in [0, 0.05) is 18.2 Å². The van der Waals surface area contributed by atoms with E-state index in [1.165, 1.54) is 5.56 Å². The molecule has 6 heteroatoms. The molecule has 3 aromatic rings. The Labute approximate surface area is 116 Å². The van der Waals surface area contributed by atoms with Crippen molar-refractivity contribution in [2.24, 2.45) is 0 Å². The lowest BCUT2D eigenvalue weighted by atomic mass is 10.1. The van der Waals surface area contributed by atoms with Gasteiger partial charge >= 0.3 is 0 Å². The van der Waals surface area contributed by atoms with Crippen molar-refractivity contribution in [1.29, 1.82) is 0 Å². The molecule has 0 amide bonds. The van der Waals surface area contributed by atoms with Gasteiger partial charge in [-0.3, -0.25) is 0 Å². The summed E-state index contributed by atoms with van der Waals surface area (Å²) in [6.07, 6.45) is 5.01. The number of aromatic nitrogens is 4. The van der Waals surface area contributed by atoms with E-state index in [1.54, 1.807) is 23.5 Å². The Morgan fingerprint density at radius 2 is 2.30 bits per heavy atom. The summed E-state index contributed by atoms with van der Waals surface area (Å²) in [5, 5.41) is 14.6. The maximum absolute atomic E-state index is 5.06. The number of nitrogens with one attached hydrogen (secondary N) is 1. The minimum absolute atomic E-state index is 0.223.